The molecule has 0 atom stereocenters. The zero-order chi connectivity index (χ0) is 17.8. The Morgan fingerprint density at radius 2 is 2.00 bits per heavy atom. The molecule has 25 heavy (non-hydrogen) atoms. The van der Waals surface area contributed by atoms with Crippen LogP contribution in [0.5, 0.6) is 11.5 Å². The van der Waals surface area contributed by atoms with Crippen molar-refractivity contribution in [3.63, 3.8) is 0 Å². The second-order valence-corrected chi connectivity index (χ2v) is 6.57. The van der Waals surface area contributed by atoms with Gasteiger partial charge in [0, 0.05) is 23.5 Å². The van der Waals surface area contributed by atoms with E-state index in [0.717, 1.165) is 28.7 Å². The average Bonchev–Trinajstić information content (AvgIpc) is 3.05. The monoisotopic (exact) mass is 364 g/mol. The van der Waals surface area contributed by atoms with E-state index in [2.05, 4.69) is 4.90 Å². The van der Waals surface area contributed by atoms with Crippen LogP contribution in [-0.4, -0.2) is 56.6 Å². The van der Waals surface area contributed by atoms with Crippen LogP contribution in [0.2, 0.25) is 0 Å². The van der Waals surface area contributed by atoms with Gasteiger partial charge in [-0.2, -0.15) is 0 Å². The van der Waals surface area contributed by atoms with E-state index >= 15 is 0 Å². The Balaban J connectivity index is 2.01. The maximum absolute atomic E-state index is 11.3. The van der Waals surface area contributed by atoms with Gasteiger partial charge in [-0.15, -0.1) is 11.3 Å². The number of carboxylic acids is 1. The van der Waals surface area contributed by atoms with E-state index in [0.29, 0.717) is 30.4 Å². The molecule has 0 saturated carbocycles. The minimum Gasteiger partial charge on any atom is -0.493 e. The molecule has 1 aromatic carbocycles. The summed E-state index contributed by atoms with van der Waals surface area (Å²) >= 11 is 1.42. The molecule has 1 saturated heterocycles. The zero-order valence-corrected chi connectivity index (χ0v) is 15.0. The van der Waals surface area contributed by atoms with Crippen molar-refractivity contribution in [1.82, 2.24) is 4.98 Å². The summed E-state index contributed by atoms with van der Waals surface area (Å²) in [4.78, 5) is 18.8. The van der Waals surface area contributed by atoms with E-state index in [1.165, 1.54) is 11.3 Å². The molecule has 0 radical (unpaired) electrons. The smallest absolute Gasteiger partial charge is 0.308 e. The van der Waals surface area contributed by atoms with E-state index in [-0.39, 0.29) is 6.42 Å². The summed E-state index contributed by atoms with van der Waals surface area (Å²) in [5.74, 6) is 0.329. The van der Waals surface area contributed by atoms with Gasteiger partial charge in [0.1, 0.15) is 0 Å². The van der Waals surface area contributed by atoms with Gasteiger partial charge in [0.25, 0.3) is 0 Å². The van der Waals surface area contributed by atoms with Crippen LogP contribution in [-0.2, 0) is 16.0 Å². The molecule has 8 heteroatoms. The van der Waals surface area contributed by atoms with Crippen LogP contribution in [0, 0.1) is 0 Å². The van der Waals surface area contributed by atoms with E-state index in [1.807, 2.05) is 12.1 Å². The standard InChI is InChI=1S/C17H20N2O5S/c1-22-12-4-3-11(9-13(12)23-2)16-14(10-15(20)21)25-17(18-16)19-5-7-24-8-6-19/h3-4,9H,5-8,10H2,1-2H3,(H,20,21). The van der Waals surface area contributed by atoms with Crippen LogP contribution < -0.4 is 14.4 Å². The molecule has 1 aliphatic rings. The number of aromatic nitrogens is 1. The lowest BCUT2D eigenvalue weighted by Crippen LogP contribution is -2.36. The van der Waals surface area contributed by atoms with Gasteiger partial charge in [0.15, 0.2) is 16.6 Å². The predicted octanol–water partition coefficient (Wildman–Crippen LogP) is 2.29. The second kappa shape index (κ2) is 7.71. The minimum atomic E-state index is -0.876. The van der Waals surface area contributed by atoms with E-state index in [4.69, 9.17) is 19.2 Å². The number of carboxylic acid groups (broad SMARTS) is 1. The quantitative estimate of drug-likeness (QED) is 0.842. The normalized spacial score (nSPS) is 14.4. The Morgan fingerprint density at radius 3 is 2.64 bits per heavy atom. The fourth-order valence-electron chi connectivity index (χ4n) is 2.70. The number of hydrogen-bond acceptors (Lipinski definition) is 7. The van der Waals surface area contributed by atoms with Gasteiger partial charge in [-0.3, -0.25) is 4.79 Å². The number of aliphatic carboxylic acids is 1. The molecular formula is C17H20N2O5S. The van der Waals surface area contributed by atoms with Gasteiger partial charge in [0.05, 0.1) is 39.5 Å². The van der Waals surface area contributed by atoms with Gasteiger partial charge in [0.2, 0.25) is 0 Å². The largest absolute Gasteiger partial charge is 0.493 e. The molecule has 1 aliphatic heterocycles. The number of carbonyl (C=O) groups is 1. The van der Waals surface area contributed by atoms with Crippen molar-refractivity contribution in [3.05, 3.63) is 23.1 Å². The second-order valence-electron chi connectivity index (χ2n) is 5.51. The van der Waals surface area contributed by atoms with Gasteiger partial charge in [-0.1, -0.05) is 0 Å². The Bertz CT molecular complexity index is 755. The molecule has 134 valence electrons. The molecule has 1 N–H and O–H groups in total. The number of hydrogen-bond donors (Lipinski definition) is 1. The molecule has 0 aliphatic carbocycles. The average molecular weight is 364 g/mol. The van der Waals surface area contributed by atoms with Crippen LogP contribution in [0.15, 0.2) is 18.2 Å². The predicted molar refractivity (Wildman–Crippen MR) is 95.0 cm³/mol. The van der Waals surface area contributed by atoms with E-state index in [9.17, 15) is 9.90 Å². The summed E-state index contributed by atoms with van der Waals surface area (Å²) in [5.41, 5.74) is 1.49. The summed E-state index contributed by atoms with van der Waals surface area (Å²) < 4.78 is 16.0. The van der Waals surface area contributed by atoms with Crippen molar-refractivity contribution < 1.29 is 24.1 Å². The number of benzene rings is 1. The molecule has 0 amide bonds. The maximum Gasteiger partial charge on any atom is 0.308 e. The van der Waals surface area contributed by atoms with Crippen LogP contribution in [0.4, 0.5) is 5.13 Å². The lowest BCUT2D eigenvalue weighted by atomic mass is 10.1. The summed E-state index contributed by atoms with van der Waals surface area (Å²) in [6.45, 7) is 2.82. The highest BCUT2D eigenvalue weighted by Crippen LogP contribution is 2.37. The molecule has 3 rings (SSSR count). The highest BCUT2D eigenvalue weighted by molar-refractivity contribution is 7.16. The summed E-state index contributed by atoms with van der Waals surface area (Å²) in [5, 5.41) is 10.1. The molecular weight excluding hydrogens is 344 g/mol. The van der Waals surface area contributed by atoms with Crippen molar-refractivity contribution in [3.8, 4) is 22.8 Å². The lowest BCUT2D eigenvalue weighted by Gasteiger charge is -2.26. The molecule has 0 unspecified atom stereocenters. The number of rotatable bonds is 6. The zero-order valence-electron chi connectivity index (χ0n) is 14.2. The highest BCUT2D eigenvalue weighted by atomic mass is 32.1. The number of thiazole rings is 1. The van der Waals surface area contributed by atoms with Crippen molar-refractivity contribution in [2.75, 3.05) is 45.4 Å². The number of ether oxygens (including phenoxy) is 3. The maximum atomic E-state index is 11.3. The number of morpholine rings is 1. The Labute approximate surface area is 149 Å². The highest BCUT2D eigenvalue weighted by Gasteiger charge is 2.21. The number of nitrogens with zero attached hydrogens (tertiary/aromatic N) is 2. The molecule has 1 fully saturated rings. The first-order valence-electron chi connectivity index (χ1n) is 7.89. The summed E-state index contributed by atoms with van der Waals surface area (Å²) in [7, 11) is 3.15. The molecule has 2 heterocycles. The SMILES string of the molecule is COc1ccc(-c2nc(N3CCOCC3)sc2CC(=O)O)cc1OC. The number of methoxy groups -OCH3 is 2. The Hall–Kier alpha value is -2.32. The molecule has 0 bridgehead atoms. The molecule has 2 aromatic rings. The van der Waals surface area contributed by atoms with Crippen LogP contribution in [0.1, 0.15) is 4.88 Å². The lowest BCUT2D eigenvalue weighted by molar-refractivity contribution is -0.136. The van der Waals surface area contributed by atoms with Crippen molar-refractivity contribution >= 4 is 22.4 Å². The van der Waals surface area contributed by atoms with Crippen LogP contribution in [0.25, 0.3) is 11.3 Å². The van der Waals surface area contributed by atoms with E-state index in [1.54, 1.807) is 20.3 Å². The minimum absolute atomic E-state index is 0.0638. The Morgan fingerprint density at radius 1 is 1.28 bits per heavy atom. The first-order chi connectivity index (χ1) is 12.1. The number of anilines is 1. The summed E-state index contributed by atoms with van der Waals surface area (Å²) in [6, 6.07) is 5.49. The van der Waals surface area contributed by atoms with Gasteiger partial charge >= 0.3 is 5.97 Å². The van der Waals surface area contributed by atoms with Gasteiger partial charge in [-0.25, -0.2) is 4.98 Å². The van der Waals surface area contributed by atoms with Crippen molar-refractivity contribution in [1.29, 1.82) is 0 Å². The third-order valence-corrected chi connectivity index (χ3v) is 5.05. The fourth-order valence-corrected chi connectivity index (χ4v) is 3.82. The van der Waals surface area contributed by atoms with Crippen molar-refractivity contribution in [2.45, 2.75) is 6.42 Å². The first kappa shape index (κ1) is 17.5. The molecule has 0 spiro atoms. The van der Waals surface area contributed by atoms with E-state index < -0.39 is 5.97 Å². The Kier molecular flexibility index (Phi) is 5.40. The van der Waals surface area contributed by atoms with Crippen LogP contribution >= 0.6 is 11.3 Å². The topological polar surface area (TPSA) is 81.1 Å². The molecule has 1 aromatic heterocycles. The third kappa shape index (κ3) is 3.85. The molecule has 7 nitrogen and oxygen atoms in total. The van der Waals surface area contributed by atoms with Gasteiger partial charge in [-0.05, 0) is 18.2 Å². The first-order valence-corrected chi connectivity index (χ1v) is 8.70. The van der Waals surface area contributed by atoms with Gasteiger partial charge < -0.3 is 24.2 Å². The summed E-state index contributed by atoms with van der Waals surface area (Å²) in [6.07, 6.45) is -0.0638. The fraction of sp³-hybridized carbons (Fsp3) is 0.412. The third-order valence-electron chi connectivity index (χ3n) is 3.94. The van der Waals surface area contributed by atoms with Crippen LogP contribution in [0.3, 0.4) is 0 Å². The van der Waals surface area contributed by atoms with Crippen molar-refractivity contribution in [2.24, 2.45) is 0 Å².